The number of benzene rings is 2. The van der Waals surface area contributed by atoms with Gasteiger partial charge >= 0.3 is 0 Å². The van der Waals surface area contributed by atoms with Gasteiger partial charge in [-0.2, -0.15) is 5.26 Å². The van der Waals surface area contributed by atoms with Gasteiger partial charge in [-0.25, -0.2) is 8.78 Å². The third-order valence-corrected chi connectivity index (χ3v) is 3.23. The molecule has 0 aliphatic carbocycles. The fourth-order valence-electron chi connectivity index (χ4n) is 2.21. The van der Waals surface area contributed by atoms with Crippen molar-refractivity contribution in [2.45, 2.75) is 11.8 Å². The summed E-state index contributed by atoms with van der Waals surface area (Å²) in [5.41, 5.74) is -0.634. The standard InChI is InChI=1S/C17H11F2N/c1-2-11-17(12-20,13-7-9-14(18)10-8-13)15-5-3-4-6-16(15)19/h1,3-10H,11H2. The molecule has 0 heterocycles. The molecule has 0 fully saturated rings. The Morgan fingerprint density at radius 3 is 2.25 bits per heavy atom. The molecule has 0 bridgehead atoms. The third-order valence-electron chi connectivity index (χ3n) is 3.23. The smallest absolute Gasteiger partial charge is 0.128 e. The quantitative estimate of drug-likeness (QED) is 0.776. The molecule has 2 aromatic carbocycles. The SMILES string of the molecule is C#CCC(C#N)(c1ccc(F)cc1)c1ccccc1F. The van der Waals surface area contributed by atoms with E-state index in [1.807, 2.05) is 0 Å². The number of hydrogen-bond acceptors (Lipinski definition) is 1. The number of rotatable bonds is 3. The molecule has 1 unspecified atom stereocenters. The van der Waals surface area contributed by atoms with Crippen LogP contribution in [0.1, 0.15) is 17.5 Å². The molecule has 0 amide bonds. The van der Waals surface area contributed by atoms with E-state index in [1.54, 1.807) is 12.1 Å². The van der Waals surface area contributed by atoms with E-state index in [1.165, 1.54) is 36.4 Å². The van der Waals surface area contributed by atoms with Crippen molar-refractivity contribution in [3.8, 4) is 18.4 Å². The predicted octanol–water partition coefficient (Wildman–Crippen LogP) is 3.80. The number of nitriles is 1. The summed E-state index contributed by atoms with van der Waals surface area (Å²) < 4.78 is 27.1. The van der Waals surface area contributed by atoms with Crippen LogP contribution in [-0.4, -0.2) is 0 Å². The highest BCUT2D eigenvalue weighted by Gasteiger charge is 2.36. The Balaban J connectivity index is 2.69. The molecule has 20 heavy (non-hydrogen) atoms. The highest BCUT2D eigenvalue weighted by atomic mass is 19.1. The molecular weight excluding hydrogens is 256 g/mol. The Hall–Kier alpha value is -2.65. The Labute approximate surface area is 116 Å². The van der Waals surface area contributed by atoms with E-state index in [0.717, 1.165) is 0 Å². The zero-order valence-corrected chi connectivity index (χ0v) is 10.6. The summed E-state index contributed by atoms with van der Waals surface area (Å²) in [6, 6.07) is 13.5. The first-order valence-electron chi connectivity index (χ1n) is 6.00. The molecule has 0 aliphatic heterocycles. The second kappa shape index (κ2) is 5.55. The van der Waals surface area contributed by atoms with Crippen molar-refractivity contribution in [1.82, 2.24) is 0 Å². The summed E-state index contributed by atoms with van der Waals surface area (Å²) in [4.78, 5) is 0. The average Bonchev–Trinajstić information content (AvgIpc) is 2.47. The molecule has 0 N–H and O–H groups in total. The van der Waals surface area contributed by atoms with Gasteiger partial charge in [-0.1, -0.05) is 30.3 Å². The van der Waals surface area contributed by atoms with Crippen molar-refractivity contribution < 1.29 is 8.78 Å². The van der Waals surface area contributed by atoms with Gasteiger partial charge in [0.2, 0.25) is 0 Å². The van der Waals surface area contributed by atoms with Gasteiger partial charge in [0.05, 0.1) is 6.07 Å². The second-order valence-corrected chi connectivity index (χ2v) is 4.38. The summed E-state index contributed by atoms with van der Waals surface area (Å²) in [6.45, 7) is 0. The van der Waals surface area contributed by atoms with Crippen LogP contribution in [0.15, 0.2) is 48.5 Å². The van der Waals surface area contributed by atoms with E-state index >= 15 is 0 Å². The number of terminal acetylenes is 1. The van der Waals surface area contributed by atoms with Gasteiger partial charge in [0.25, 0.3) is 0 Å². The van der Waals surface area contributed by atoms with Crippen molar-refractivity contribution in [3.63, 3.8) is 0 Å². The Morgan fingerprint density at radius 1 is 1.05 bits per heavy atom. The van der Waals surface area contributed by atoms with E-state index in [9.17, 15) is 14.0 Å². The van der Waals surface area contributed by atoms with E-state index in [2.05, 4.69) is 12.0 Å². The normalized spacial score (nSPS) is 13.0. The molecule has 1 nitrogen and oxygen atoms in total. The Morgan fingerprint density at radius 2 is 1.70 bits per heavy atom. The number of nitrogens with zero attached hydrogens (tertiary/aromatic N) is 1. The lowest BCUT2D eigenvalue weighted by atomic mass is 9.73. The van der Waals surface area contributed by atoms with Crippen LogP contribution in [0, 0.1) is 35.3 Å². The minimum atomic E-state index is -1.31. The molecule has 0 spiro atoms. The summed E-state index contributed by atoms with van der Waals surface area (Å²) >= 11 is 0. The van der Waals surface area contributed by atoms with E-state index in [4.69, 9.17) is 6.42 Å². The Kier molecular flexibility index (Phi) is 3.82. The largest absolute Gasteiger partial charge is 0.207 e. The van der Waals surface area contributed by atoms with E-state index in [0.29, 0.717) is 5.56 Å². The van der Waals surface area contributed by atoms with Gasteiger partial charge in [0, 0.05) is 12.0 Å². The van der Waals surface area contributed by atoms with Crippen molar-refractivity contribution in [1.29, 1.82) is 5.26 Å². The molecule has 0 aromatic heterocycles. The maximum absolute atomic E-state index is 14.1. The van der Waals surface area contributed by atoms with Crippen LogP contribution in [0.3, 0.4) is 0 Å². The number of halogens is 2. The third kappa shape index (κ3) is 2.27. The van der Waals surface area contributed by atoms with Crippen molar-refractivity contribution in [2.24, 2.45) is 0 Å². The lowest BCUT2D eigenvalue weighted by Gasteiger charge is -2.26. The molecule has 0 saturated heterocycles. The summed E-state index contributed by atoms with van der Waals surface area (Å²) in [5.74, 6) is 1.49. The molecule has 0 radical (unpaired) electrons. The van der Waals surface area contributed by atoms with Crippen LogP contribution < -0.4 is 0 Å². The molecule has 2 rings (SSSR count). The summed E-state index contributed by atoms with van der Waals surface area (Å²) in [6.07, 6.45) is 5.36. The summed E-state index contributed by atoms with van der Waals surface area (Å²) in [7, 11) is 0. The van der Waals surface area contributed by atoms with E-state index < -0.39 is 17.0 Å². The zero-order chi connectivity index (χ0) is 14.6. The lowest BCUT2D eigenvalue weighted by molar-refractivity contribution is 0.563. The fraction of sp³-hybridized carbons (Fsp3) is 0.118. The molecule has 3 heteroatoms. The molecule has 0 saturated carbocycles. The van der Waals surface area contributed by atoms with Crippen LogP contribution in [0.25, 0.3) is 0 Å². The molecule has 2 aromatic rings. The van der Waals surface area contributed by atoms with Crippen molar-refractivity contribution in [2.75, 3.05) is 0 Å². The van der Waals surface area contributed by atoms with Crippen LogP contribution in [0.5, 0.6) is 0 Å². The topological polar surface area (TPSA) is 23.8 Å². The van der Waals surface area contributed by atoms with Crippen LogP contribution in [0.2, 0.25) is 0 Å². The molecule has 98 valence electrons. The predicted molar refractivity (Wildman–Crippen MR) is 72.6 cm³/mol. The minimum Gasteiger partial charge on any atom is -0.207 e. The zero-order valence-electron chi connectivity index (χ0n) is 10.6. The molecule has 1 atom stereocenters. The highest BCUT2D eigenvalue weighted by molar-refractivity contribution is 5.47. The fourth-order valence-corrected chi connectivity index (χ4v) is 2.21. The minimum absolute atomic E-state index is 0.00999. The highest BCUT2D eigenvalue weighted by Crippen LogP contribution is 2.36. The average molecular weight is 267 g/mol. The first kappa shape index (κ1) is 13.8. The van der Waals surface area contributed by atoms with Gasteiger partial charge in [-0.15, -0.1) is 12.3 Å². The first-order chi connectivity index (χ1) is 9.64. The van der Waals surface area contributed by atoms with Crippen molar-refractivity contribution >= 4 is 0 Å². The Bertz CT molecular complexity index is 692. The maximum atomic E-state index is 14.1. The number of hydrogen-bond donors (Lipinski definition) is 0. The van der Waals surface area contributed by atoms with Crippen molar-refractivity contribution in [3.05, 3.63) is 71.3 Å². The first-order valence-corrected chi connectivity index (χ1v) is 6.00. The van der Waals surface area contributed by atoms with Gasteiger partial charge < -0.3 is 0 Å². The molecular formula is C17H11F2N. The summed E-state index contributed by atoms with van der Waals surface area (Å²) in [5, 5.41) is 9.60. The van der Waals surface area contributed by atoms with Crippen LogP contribution >= 0.6 is 0 Å². The van der Waals surface area contributed by atoms with Gasteiger partial charge in [-0.3, -0.25) is 0 Å². The monoisotopic (exact) mass is 267 g/mol. The maximum Gasteiger partial charge on any atom is 0.128 e. The van der Waals surface area contributed by atoms with Crippen LogP contribution in [0.4, 0.5) is 8.78 Å². The lowest BCUT2D eigenvalue weighted by Crippen LogP contribution is -2.26. The van der Waals surface area contributed by atoms with Gasteiger partial charge in [0.1, 0.15) is 17.0 Å². The van der Waals surface area contributed by atoms with Crippen LogP contribution in [-0.2, 0) is 5.41 Å². The van der Waals surface area contributed by atoms with Gasteiger partial charge in [0.15, 0.2) is 0 Å². The van der Waals surface area contributed by atoms with Gasteiger partial charge in [-0.05, 0) is 23.8 Å². The van der Waals surface area contributed by atoms with E-state index in [-0.39, 0.29) is 12.0 Å². The second-order valence-electron chi connectivity index (χ2n) is 4.38. The molecule has 0 aliphatic rings.